The first kappa shape index (κ1) is 23.1. The van der Waals surface area contributed by atoms with Crippen LogP contribution < -0.4 is 4.74 Å². The van der Waals surface area contributed by atoms with Gasteiger partial charge in [-0.15, -0.1) is 0 Å². The third kappa shape index (κ3) is 5.49. The van der Waals surface area contributed by atoms with Crippen LogP contribution >= 0.6 is 0 Å². The van der Waals surface area contributed by atoms with Gasteiger partial charge in [-0.3, -0.25) is 9.48 Å². The predicted molar refractivity (Wildman–Crippen MR) is 123 cm³/mol. The molecule has 2 aromatic rings. The Labute approximate surface area is 194 Å². The normalized spacial score (nSPS) is 21.0. The lowest BCUT2D eigenvalue weighted by Gasteiger charge is -2.27. The molecule has 0 spiro atoms. The van der Waals surface area contributed by atoms with Crippen LogP contribution in [-0.4, -0.2) is 51.0 Å². The highest BCUT2D eigenvalue weighted by molar-refractivity contribution is 5.70. The third-order valence-corrected chi connectivity index (χ3v) is 7.00. The summed E-state index contributed by atoms with van der Waals surface area (Å²) in [5, 5.41) is 13.6. The molecule has 178 valence electrons. The van der Waals surface area contributed by atoms with Crippen LogP contribution in [0, 0.1) is 5.92 Å². The smallest absolute Gasteiger partial charge is 0.410 e. The molecule has 0 saturated heterocycles. The van der Waals surface area contributed by atoms with Crippen LogP contribution in [0.3, 0.4) is 0 Å². The van der Waals surface area contributed by atoms with Crippen molar-refractivity contribution in [2.75, 3.05) is 7.05 Å². The fourth-order valence-electron chi connectivity index (χ4n) is 4.93. The second kappa shape index (κ2) is 10.3. The van der Waals surface area contributed by atoms with E-state index in [2.05, 4.69) is 5.10 Å². The molecular formula is C25H33N3O5. The van der Waals surface area contributed by atoms with E-state index in [4.69, 9.17) is 9.47 Å². The van der Waals surface area contributed by atoms with Crippen molar-refractivity contribution in [3.05, 3.63) is 36.2 Å². The molecule has 0 unspecified atom stereocenters. The summed E-state index contributed by atoms with van der Waals surface area (Å²) in [7, 11) is 3.65. The van der Waals surface area contributed by atoms with E-state index in [0.717, 1.165) is 67.5 Å². The van der Waals surface area contributed by atoms with Gasteiger partial charge in [-0.2, -0.15) is 5.10 Å². The molecular weight excluding hydrogens is 422 g/mol. The molecule has 1 aromatic carbocycles. The number of carboxylic acids is 1. The van der Waals surface area contributed by atoms with E-state index < -0.39 is 5.97 Å². The Kier molecular flexibility index (Phi) is 7.20. The van der Waals surface area contributed by atoms with Crippen molar-refractivity contribution in [3.8, 4) is 16.9 Å². The Hall–Kier alpha value is -3.03. The number of hydrogen-bond acceptors (Lipinski definition) is 5. The standard InChI is InChI=1S/C25H33N3O5/c1-27(19-7-3-4-8-19)25(31)32-16-23-22(15-26-28(23)2)17-10-12-20(13-11-17)33-21-9-5-6-18(14-21)24(29)30/h10-13,15,18-19,21H,3-9,14,16H2,1-2H3,(H,29,30)/t18-,21-/m1/s1. The molecule has 33 heavy (non-hydrogen) atoms. The SMILES string of the molecule is CN(C(=O)OCc1c(-c2ccc(O[C@@H]3CCC[C@@H](C(=O)O)C3)cc2)cnn1C)C1CCCC1. The van der Waals surface area contributed by atoms with E-state index in [1.54, 1.807) is 15.8 Å². The van der Waals surface area contributed by atoms with Gasteiger partial charge in [-0.25, -0.2) is 4.79 Å². The molecule has 0 aliphatic heterocycles. The number of carbonyl (C=O) groups is 2. The van der Waals surface area contributed by atoms with E-state index in [1.807, 2.05) is 38.4 Å². The Morgan fingerprint density at radius 2 is 1.85 bits per heavy atom. The van der Waals surface area contributed by atoms with Gasteiger partial charge in [0, 0.05) is 25.7 Å². The first-order chi connectivity index (χ1) is 15.9. The van der Waals surface area contributed by atoms with Crippen LogP contribution in [0.2, 0.25) is 0 Å². The largest absolute Gasteiger partial charge is 0.490 e. The maximum atomic E-state index is 12.5. The molecule has 1 amide bonds. The highest BCUT2D eigenvalue weighted by Crippen LogP contribution is 2.30. The second-order valence-corrected chi connectivity index (χ2v) is 9.20. The van der Waals surface area contributed by atoms with Gasteiger partial charge in [0.2, 0.25) is 0 Å². The van der Waals surface area contributed by atoms with Crippen molar-refractivity contribution < 1.29 is 24.2 Å². The number of carbonyl (C=O) groups excluding carboxylic acids is 1. The summed E-state index contributed by atoms with van der Waals surface area (Å²) in [4.78, 5) is 25.5. The number of aromatic nitrogens is 2. The average Bonchev–Trinajstić information content (AvgIpc) is 3.48. The van der Waals surface area contributed by atoms with E-state index in [0.29, 0.717) is 6.42 Å². The summed E-state index contributed by atoms with van der Waals surface area (Å²) in [6.45, 7) is 0.151. The van der Waals surface area contributed by atoms with Gasteiger partial charge >= 0.3 is 12.1 Å². The molecule has 2 aliphatic carbocycles. The number of aryl methyl sites for hydroxylation is 1. The predicted octanol–water partition coefficient (Wildman–Crippen LogP) is 4.62. The first-order valence-corrected chi connectivity index (χ1v) is 11.8. The van der Waals surface area contributed by atoms with Crippen LogP contribution in [0.1, 0.15) is 57.1 Å². The van der Waals surface area contributed by atoms with Gasteiger partial charge in [-0.1, -0.05) is 25.0 Å². The van der Waals surface area contributed by atoms with Crippen LogP contribution in [-0.2, 0) is 23.2 Å². The summed E-state index contributed by atoms with van der Waals surface area (Å²) < 4.78 is 13.4. The number of ether oxygens (including phenoxy) is 2. The van der Waals surface area contributed by atoms with Crippen molar-refractivity contribution in [3.63, 3.8) is 0 Å². The molecule has 1 heterocycles. The Morgan fingerprint density at radius 3 is 2.55 bits per heavy atom. The molecule has 2 aliphatic rings. The zero-order valence-electron chi connectivity index (χ0n) is 19.4. The van der Waals surface area contributed by atoms with E-state index >= 15 is 0 Å². The molecule has 2 saturated carbocycles. The van der Waals surface area contributed by atoms with Gasteiger partial charge in [-0.05, 0) is 56.2 Å². The van der Waals surface area contributed by atoms with Gasteiger partial charge in [0.05, 0.1) is 23.9 Å². The first-order valence-electron chi connectivity index (χ1n) is 11.8. The molecule has 1 aromatic heterocycles. The average molecular weight is 456 g/mol. The summed E-state index contributed by atoms with van der Waals surface area (Å²) in [6.07, 6.45) is 8.81. The van der Waals surface area contributed by atoms with Gasteiger partial charge in [0.15, 0.2) is 0 Å². The van der Waals surface area contributed by atoms with Crippen molar-refractivity contribution in [2.45, 2.75) is 70.1 Å². The number of nitrogens with zero attached hydrogens (tertiary/aromatic N) is 3. The van der Waals surface area contributed by atoms with Gasteiger partial charge in [0.25, 0.3) is 0 Å². The fourth-order valence-corrected chi connectivity index (χ4v) is 4.93. The highest BCUT2D eigenvalue weighted by Gasteiger charge is 2.28. The van der Waals surface area contributed by atoms with E-state index in [1.165, 1.54) is 0 Å². The summed E-state index contributed by atoms with van der Waals surface area (Å²) in [6, 6.07) is 7.98. The maximum Gasteiger partial charge on any atom is 0.410 e. The van der Waals surface area contributed by atoms with Crippen molar-refractivity contribution in [1.29, 1.82) is 0 Å². The lowest BCUT2D eigenvalue weighted by atomic mass is 9.87. The lowest BCUT2D eigenvalue weighted by Crippen LogP contribution is -2.35. The Morgan fingerprint density at radius 1 is 1.12 bits per heavy atom. The third-order valence-electron chi connectivity index (χ3n) is 7.00. The molecule has 8 heteroatoms. The van der Waals surface area contributed by atoms with E-state index in [-0.39, 0.29) is 30.8 Å². The van der Waals surface area contributed by atoms with Crippen molar-refractivity contribution in [1.82, 2.24) is 14.7 Å². The Balaban J connectivity index is 1.38. The minimum atomic E-state index is -0.738. The van der Waals surface area contributed by atoms with E-state index in [9.17, 15) is 14.7 Å². The van der Waals surface area contributed by atoms with Crippen LogP contribution in [0.15, 0.2) is 30.5 Å². The second-order valence-electron chi connectivity index (χ2n) is 9.20. The molecule has 4 rings (SSSR count). The minimum Gasteiger partial charge on any atom is -0.490 e. The molecule has 1 N–H and O–H groups in total. The lowest BCUT2D eigenvalue weighted by molar-refractivity contribution is -0.143. The minimum absolute atomic E-state index is 0.0732. The summed E-state index contributed by atoms with van der Waals surface area (Å²) >= 11 is 0. The number of aliphatic carboxylic acids is 1. The van der Waals surface area contributed by atoms with Crippen LogP contribution in [0.4, 0.5) is 4.79 Å². The number of benzene rings is 1. The van der Waals surface area contributed by atoms with Gasteiger partial charge in [0.1, 0.15) is 12.4 Å². The van der Waals surface area contributed by atoms with Crippen LogP contribution in [0.25, 0.3) is 11.1 Å². The highest BCUT2D eigenvalue weighted by atomic mass is 16.6. The van der Waals surface area contributed by atoms with Crippen molar-refractivity contribution >= 4 is 12.1 Å². The number of rotatable bonds is 7. The number of amides is 1. The molecule has 2 fully saturated rings. The summed E-state index contributed by atoms with van der Waals surface area (Å²) in [5.74, 6) is -0.334. The summed E-state index contributed by atoms with van der Waals surface area (Å²) in [5.41, 5.74) is 2.69. The monoisotopic (exact) mass is 455 g/mol. The molecule has 0 radical (unpaired) electrons. The zero-order valence-corrected chi connectivity index (χ0v) is 19.4. The quantitative estimate of drug-likeness (QED) is 0.655. The number of carboxylic acid groups (broad SMARTS) is 1. The van der Waals surface area contributed by atoms with Crippen LogP contribution in [0.5, 0.6) is 5.75 Å². The topological polar surface area (TPSA) is 93.9 Å². The molecule has 8 nitrogen and oxygen atoms in total. The molecule has 0 bridgehead atoms. The molecule has 2 atom stereocenters. The van der Waals surface area contributed by atoms with Gasteiger partial charge < -0.3 is 19.5 Å². The zero-order chi connectivity index (χ0) is 23.4. The fraction of sp³-hybridized carbons (Fsp3) is 0.560. The maximum absolute atomic E-state index is 12.5. The number of hydrogen-bond donors (Lipinski definition) is 1. The Bertz CT molecular complexity index is 965. The van der Waals surface area contributed by atoms with Crippen molar-refractivity contribution in [2.24, 2.45) is 13.0 Å².